The molecule has 1 heterocycles. The van der Waals surface area contributed by atoms with Crippen LogP contribution in [0.15, 0.2) is 42.5 Å². The molecule has 1 aromatic heterocycles. The van der Waals surface area contributed by atoms with Crippen LogP contribution >= 0.6 is 0 Å². The minimum atomic E-state index is -0.258. The Bertz CT molecular complexity index is 894. The molecule has 0 aliphatic heterocycles. The van der Waals surface area contributed by atoms with Crippen LogP contribution in [0, 0.1) is 27.7 Å². The minimum absolute atomic E-state index is 0.258. The number of rotatable bonds is 3. The Labute approximate surface area is 141 Å². The molecule has 0 atom stereocenters. The molecule has 0 saturated carbocycles. The van der Waals surface area contributed by atoms with Crippen molar-refractivity contribution in [1.29, 1.82) is 0 Å². The molecular formula is C19H20N4O. The van der Waals surface area contributed by atoms with Gasteiger partial charge in [-0.3, -0.25) is 4.79 Å². The molecule has 2 aromatic carbocycles. The third-order valence-corrected chi connectivity index (χ3v) is 4.15. The van der Waals surface area contributed by atoms with Crippen LogP contribution in [0.5, 0.6) is 0 Å². The first-order chi connectivity index (χ1) is 11.5. The fourth-order valence-corrected chi connectivity index (χ4v) is 2.47. The average molecular weight is 320 g/mol. The zero-order chi connectivity index (χ0) is 17.3. The highest BCUT2D eigenvalue weighted by Crippen LogP contribution is 2.17. The molecule has 24 heavy (non-hydrogen) atoms. The number of aromatic nitrogens is 3. The van der Waals surface area contributed by atoms with E-state index in [-0.39, 0.29) is 5.91 Å². The molecular weight excluding hydrogens is 300 g/mol. The normalized spacial score (nSPS) is 10.7. The summed E-state index contributed by atoms with van der Waals surface area (Å²) in [4.78, 5) is 12.5. The van der Waals surface area contributed by atoms with E-state index in [9.17, 15) is 4.79 Å². The summed E-state index contributed by atoms with van der Waals surface area (Å²) in [5, 5.41) is 11.1. The van der Waals surface area contributed by atoms with Crippen molar-refractivity contribution in [2.45, 2.75) is 27.7 Å². The summed E-state index contributed by atoms with van der Waals surface area (Å²) in [5.74, 6) is -0.258. The summed E-state index contributed by atoms with van der Waals surface area (Å²) in [6.45, 7) is 7.97. The lowest BCUT2D eigenvalue weighted by Gasteiger charge is -2.07. The van der Waals surface area contributed by atoms with Gasteiger partial charge in [0.1, 0.15) is 0 Å². The Morgan fingerprint density at radius 3 is 2.33 bits per heavy atom. The van der Waals surface area contributed by atoms with Gasteiger partial charge in [0, 0.05) is 5.69 Å². The number of nitrogens with zero attached hydrogens (tertiary/aromatic N) is 3. The first-order valence-corrected chi connectivity index (χ1v) is 7.83. The van der Waals surface area contributed by atoms with E-state index in [1.54, 1.807) is 4.68 Å². The number of hydrogen-bond donors (Lipinski definition) is 1. The maximum absolute atomic E-state index is 12.5. The lowest BCUT2D eigenvalue weighted by Crippen LogP contribution is -2.14. The quantitative estimate of drug-likeness (QED) is 0.799. The van der Waals surface area contributed by atoms with Crippen molar-refractivity contribution < 1.29 is 4.79 Å². The van der Waals surface area contributed by atoms with Gasteiger partial charge in [-0.2, -0.15) is 0 Å². The Morgan fingerprint density at radius 2 is 1.67 bits per heavy atom. The second-order valence-corrected chi connectivity index (χ2v) is 6.02. The van der Waals surface area contributed by atoms with Crippen molar-refractivity contribution in [3.8, 4) is 5.69 Å². The lowest BCUT2D eigenvalue weighted by molar-refractivity contribution is 0.102. The number of nitrogens with one attached hydrogen (secondary N) is 1. The van der Waals surface area contributed by atoms with Gasteiger partial charge in [0.25, 0.3) is 5.91 Å². The number of anilines is 1. The number of carbonyl (C=O) groups is 1. The monoisotopic (exact) mass is 320 g/mol. The summed E-state index contributed by atoms with van der Waals surface area (Å²) in [7, 11) is 0. The van der Waals surface area contributed by atoms with Crippen molar-refractivity contribution in [3.05, 3.63) is 70.5 Å². The molecule has 3 rings (SSSR count). The molecule has 0 aliphatic carbocycles. The molecule has 0 fully saturated rings. The standard InChI is InChI=1S/C19H20N4O/c1-12-5-8-16(9-6-12)20-19(24)18-15(4)23(22-21-18)17-10-7-13(2)14(3)11-17/h5-11H,1-4H3,(H,20,24). The Hall–Kier alpha value is -2.95. The Morgan fingerprint density at radius 1 is 0.958 bits per heavy atom. The van der Waals surface area contributed by atoms with Crippen LogP contribution in [-0.2, 0) is 0 Å². The number of aryl methyl sites for hydroxylation is 3. The van der Waals surface area contributed by atoms with Crippen LogP contribution in [0.4, 0.5) is 5.69 Å². The fourth-order valence-electron chi connectivity index (χ4n) is 2.47. The van der Waals surface area contributed by atoms with E-state index >= 15 is 0 Å². The van der Waals surface area contributed by atoms with E-state index in [1.807, 2.05) is 56.3 Å². The molecule has 0 bridgehead atoms. The van der Waals surface area contributed by atoms with Gasteiger partial charge in [-0.15, -0.1) is 5.10 Å². The zero-order valence-electron chi connectivity index (χ0n) is 14.3. The van der Waals surface area contributed by atoms with Gasteiger partial charge >= 0.3 is 0 Å². The van der Waals surface area contributed by atoms with Crippen molar-refractivity contribution in [2.75, 3.05) is 5.32 Å². The number of amides is 1. The molecule has 1 N–H and O–H groups in total. The second-order valence-electron chi connectivity index (χ2n) is 6.02. The maximum Gasteiger partial charge on any atom is 0.278 e. The SMILES string of the molecule is Cc1ccc(NC(=O)c2nnn(-c3ccc(C)c(C)c3)c2C)cc1. The molecule has 5 nitrogen and oxygen atoms in total. The van der Waals surface area contributed by atoms with E-state index in [4.69, 9.17) is 0 Å². The van der Waals surface area contributed by atoms with E-state index in [2.05, 4.69) is 29.5 Å². The average Bonchev–Trinajstić information content (AvgIpc) is 2.94. The number of carbonyl (C=O) groups excluding carboxylic acids is 1. The van der Waals surface area contributed by atoms with Crippen molar-refractivity contribution >= 4 is 11.6 Å². The van der Waals surface area contributed by atoms with Gasteiger partial charge in [0.2, 0.25) is 0 Å². The van der Waals surface area contributed by atoms with Crippen LogP contribution in [0.1, 0.15) is 32.9 Å². The van der Waals surface area contributed by atoms with Crippen LogP contribution in [0.25, 0.3) is 5.69 Å². The minimum Gasteiger partial charge on any atom is -0.321 e. The van der Waals surface area contributed by atoms with E-state index in [1.165, 1.54) is 11.1 Å². The first kappa shape index (κ1) is 15.9. The van der Waals surface area contributed by atoms with E-state index < -0.39 is 0 Å². The maximum atomic E-state index is 12.5. The molecule has 0 aliphatic rings. The molecule has 0 radical (unpaired) electrons. The topological polar surface area (TPSA) is 59.8 Å². The van der Waals surface area contributed by atoms with Crippen molar-refractivity contribution in [2.24, 2.45) is 0 Å². The largest absolute Gasteiger partial charge is 0.321 e. The lowest BCUT2D eigenvalue weighted by atomic mass is 10.1. The second kappa shape index (κ2) is 6.28. The predicted octanol–water partition coefficient (Wildman–Crippen LogP) is 3.75. The third-order valence-electron chi connectivity index (χ3n) is 4.15. The first-order valence-electron chi connectivity index (χ1n) is 7.83. The molecule has 1 amide bonds. The molecule has 0 spiro atoms. The van der Waals surface area contributed by atoms with Gasteiger partial charge in [-0.1, -0.05) is 29.0 Å². The van der Waals surface area contributed by atoms with E-state index in [0.717, 1.165) is 16.9 Å². The smallest absolute Gasteiger partial charge is 0.278 e. The zero-order valence-corrected chi connectivity index (χ0v) is 14.3. The molecule has 5 heteroatoms. The van der Waals surface area contributed by atoms with Crippen molar-refractivity contribution in [3.63, 3.8) is 0 Å². The summed E-state index contributed by atoms with van der Waals surface area (Å²) in [6.07, 6.45) is 0. The van der Waals surface area contributed by atoms with Crippen LogP contribution in [0.3, 0.4) is 0 Å². The van der Waals surface area contributed by atoms with Gasteiger partial charge in [-0.05, 0) is 63.1 Å². The van der Waals surface area contributed by atoms with Gasteiger partial charge in [0.15, 0.2) is 5.69 Å². The molecule has 3 aromatic rings. The van der Waals surface area contributed by atoms with Crippen molar-refractivity contribution in [1.82, 2.24) is 15.0 Å². The van der Waals surface area contributed by atoms with Crippen LogP contribution in [-0.4, -0.2) is 20.9 Å². The summed E-state index contributed by atoms with van der Waals surface area (Å²) < 4.78 is 1.69. The van der Waals surface area contributed by atoms with Gasteiger partial charge < -0.3 is 5.32 Å². The highest BCUT2D eigenvalue weighted by molar-refractivity contribution is 6.03. The predicted molar refractivity (Wildman–Crippen MR) is 94.7 cm³/mol. The van der Waals surface area contributed by atoms with Crippen LogP contribution in [0.2, 0.25) is 0 Å². The highest BCUT2D eigenvalue weighted by atomic mass is 16.2. The molecule has 0 unspecified atom stereocenters. The number of benzene rings is 2. The third kappa shape index (κ3) is 3.06. The summed E-state index contributed by atoms with van der Waals surface area (Å²) in [5.41, 5.74) is 6.21. The van der Waals surface area contributed by atoms with Crippen LogP contribution < -0.4 is 5.32 Å². The highest BCUT2D eigenvalue weighted by Gasteiger charge is 2.17. The van der Waals surface area contributed by atoms with Gasteiger partial charge in [-0.25, -0.2) is 4.68 Å². The summed E-state index contributed by atoms with van der Waals surface area (Å²) >= 11 is 0. The Balaban J connectivity index is 1.87. The Kier molecular flexibility index (Phi) is 4.16. The van der Waals surface area contributed by atoms with Gasteiger partial charge in [0.05, 0.1) is 11.4 Å². The number of hydrogen-bond acceptors (Lipinski definition) is 3. The molecule has 0 saturated heterocycles. The molecule has 122 valence electrons. The van der Waals surface area contributed by atoms with E-state index in [0.29, 0.717) is 11.4 Å². The summed E-state index contributed by atoms with van der Waals surface area (Å²) in [6, 6.07) is 13.7. The fraction of sp³-hybridized carbons (Fsp3) is 0.211.